The van der Waals surface area contributed by atoms with E-state index in [0.717, 1.165) is 64.5 Å². The highest BCUT2D eigenvalue weighted by Crippen LogP contribution is 2.27. The summed E-state index contributed by atoms with van der Waals surface area (Å²) >= 11 is 0. The maximum absolute atomic E-state index is 13.3. The molecule has 1 N–H and O–H groups in total. The molecular weight excluding hydrogens is 314 g/mol. The van der Waals surface area contributed by atoms with Gasteiger partial charge in [-0.1, -0.05) is 38.5 Å². The normalized spacial score (nSPS) is 27.0. The van der Waals surface area contributed by atoms with Gasteiger partial charge in [0.1, 0.15) is 0 Å². The Balaban J connectivity index is 1.69. The van der Waals surface area contributed by atoms with Crippen LogP contribution in [0.25, 0.3) is 0 Å². The number of nitrogens with zero attached hydrogens (tertiary/aromatic N) is 2. The Morgan fingerprint density at radius 2 is 1.52 bits per heavy atom. The first kappa shape index (κ1) is 18.7. The fourth-order valence-corrected chi connectivity index (χ4v) is 4.84. The minimum atomic E-state index is -0.114. The first-order valence-electron chi connectivity index (χ1n) is 10.5. The lowest BCUT2D eigenvalue weighted by atomic mass is 9.91. The SMILES string of the molecule is CN1CCC[C@@H](C(=O)N(C(=O)NC2CCCCC2)C2CCCCC2)C1. The average molecular weight is 350 g/mol. The molecule has 2 saturated carbocycles. The third kappa shape index (κ3) is 4.96. The van der Waals surface area contributed by atoms with Crippen molar-refractivity contribution >= 4 is 11.9 Å². The summed E-state index contributed by atoms with van der Waals surface area (Å²) in [5.74, 6) is 0.0598. The van der Waals surface area contributed by atoms with Crippen LogP contribution in [-0.4, -0.2) is 54.0 Å². The van der Waals surface area contributed by atoms with E-state index in [0.29, 0.717) is 0 Å². The zero-order valence-corrected chi connectivity index (χ0v) is 15.8. The predicted octanol–water partition coefficient (Wildman–Crippen LogP) is 3.53. The van der Waals surface area contributed by atoms with Crippen molar-refractivity contribution in [3.63, 3.8) is 0 Å². The van der Waals surface area contributed by atoms with Gasteiger partial charge in [0.05, 0.1) is 5.92 Å². The van der Waals surface area contributed by atoms with Crippen molar-refractivity contribution in [2.75, 3.05) is 20.1 Å². The number of hydrogen-bond acceptors (Lipinski definition) is 3. The van der Waals surface area contributed by atoms with Crippen LogP contribution < -0.4 is 5.32 Å². The number of imide groups is 1. The topological polar surface area (TPSA) is 52.7 Å². The first-order valence-corrected chi connectivity index (χ1v) is 10.5. The Morgan fingerprint density at radius 1 is 0.880 bits per heavy atom. The molecule has 0 unspecified atom stereocenters. The Kier molecular flexibility index (Phi) is 6.74. The van der Waals surface area contributed by atoms with E-state index in [-0.39, 0.29) is 29.9 Å². The van der Waals surface area contributed by atoms with E-state index in [1.165, 1.54) is 25.7 Å². The van der Waals surface area contributed by atoms with Crippen LogP contribution in [0.3, 0.4) is 0 Å². The summed E-state index contributed by atoms with van der Waals surface area (Å²) in [6.45, 7) is 1.85. The van der Waals surface area contributed by atoms with Gasteiger partial charge in [-0.3, -0.25) is 9.69 Å². The van der Waals surface area contributed by atoms with Gasteiger partial charge in [0, 0.05) is 18.6 Å². The molecular formula is C20H35N3O2. The molecule has 0 radical (unpaired) electrons. The molecule has 5 nitrogen and oxygen atoms in total. The second kappa shape index (κ2) is 9.02. The molecule has 0 spiro atoms. The van der Waals surface area contributed by atoms with Crippen molar-refractivity contribution < 1.29 is 9.59 Å². The lowest BCUT2D eigenvalue weighted by molar-refractivity contribution is -0.136. The fraction of sp³-hybridized carbons (Fsp3) is 0.900. The fourth-order valence-electron chi connectivity index (χ4n) is 4.84. The summed E-state index contributed by atoms with van der Waals surface area (Å²) < 4.78 is 0. The van der Waals surface area contributed by atoms with Gasteiger partial charge in [0.25, 0.3) is 0 Å². The van der Waals surface area contributed by atoms with Crippen LogP contribution in [-0.2, 0) is 4.79 Å². The third-order valence-electron chi connectivity index (χ3n) is 6.30. The highest BCUT2D eigenvalue weighted by Gasteiger charge is 2.37. The molecule has 0 bridgehead atoms. The number of piperidine rings is 1. The maximum Gasteiger partial charge on any atom is 0.324 e. The third-order valence-corrected chi connectivity index (χ3v) is 6.30. The number of amides is 3. The molecule has 5 heteroatoms. The van der Waals surface area contributed by atoms with Crippen LogP contribution in [0.2, 0.25) is 0 Å². The molecule has 0 aromatic heterocycles. The van der Waals surface area contributed by atoms with Crippen LogP contribution in [0, 0.1) is 5.92 Å². The van der Waals surface area contributed by atoms with Gasteiger partial charge >= 0.3 is 6.03 Å². The number of urea groups is 1. The molecule has 2 aliphatic carbocycles. The zero-order chi connectivity index (χ0) is 17.6. The number of carbonyl (C=O) groups is 2. The smallest absolute Gasteiger partial charge is 0.324 e. The second-order valence-corrected chi connectivity index (χ2v) is 8.39. The average Bonchev–Trinajstić information content (AvgIpc) is 2.63. The van der Waals surface area contributed by atoms with Gasteiger partial charge in [0.2, 0.25) is 5.91 Å². The van der Waals surface area contributed by atoms with Crippen molar-refractivity contribution in [3.8, 4) is 0 Å². The molecule has 0 aromatic rings. The van der Waals surface area contributed by atoms with E-state index in [1.54, 1.807) is 4.90 Å². The van der Waals surface area contributed by atoms with Crippen LogP contribution in [0.1, 0.15) is 77.0 Å². The first-order chi connectivity index (χ1) is 12.1. The summed E-state index contributed by atoms with van der Waals surface area (Å²) in [7, 11) is 2.08. The minimum Gasteiger partial charge on any atom is -0.335 e. The van der Waals surface area contributed by atoms with Gasteiger partial charge < -0.3 is 10.2 Å². The molecule has 1 heterocycles. The van der Waals surface area contributed by atoms with Gasteiger partial charge in [-0.15, -0.1) is 0 Å². The Bertz CT molecular complexity index is 456. The van der Waals surface area contributed by atoms with Crippen molar-refractivity contribution in [2.24, 2.45) is 5.92 Å². The quantitative estimate of drug-likeness (QED) is 0.848. The lowest BCUT2D eigenvalue weighted by Gasteiger charge is -2.38. The van der Waals surface area contributed by atoms with Gasteiger partial charge in [-0.05, 0) is 52.1 Å². The predicted molar refractivity (Wildman–Crippen MR) is 99.3 cm³/mol. The van der Waals surface area contributed by atoms with Gasteiger partial charge in [-0.2, -0.15) is 0 Å². The monoisotopic (exact) mass is 349 g/mol. The molecule has 3 amide bonds. The minimum absolute atomic E-state index is 0.0159. The highest BCUT2D eigenvalue weighted by molar-refractivity contribution is 5.96. The summed E-state index contributed by atoms with van der Waals surface area (Å²) in [6.07, 6.45) is 13.2. The summed E-state index contributed by atoms with van der Waals surface area (Å²) in [4.78, 5) is 30.2. The largest absolute Gasteiger partial charge is 0.335 e. The lowest BCUT2D eigenvalue weighted by Crippen LogP contribution is -2.56. The van der Waals surface area contributed by atoms with E-state index in [1.807, 2.05) is 0 Å². The molecule has 3 fully saturated rings. The number of nitrogens with one attached hydrogen (secondary N) is 1. The Hall–Kier alpha value is -1.10. The van der Waals surface area contributed by atoms with E-state index < -0.39 is 0 Å². The van der Waals surface area contributed by atoms with E-state index >= 15 is 0 Å². The summed E-state index contributed by atoms with van der Waals surface area (Å²) in [5, 5.41) is 3.20. The number of hydrogen-bond donors (Lipinski definition) is 1. The van der Waals surface area contributed by atoms with Crippen molar-refractivity contribution in [1.29, 1.82) is 0 Å². The number of likely N-dealkylation sites (tertiary alicyclic amines) is 1. The second-order valence-electron chi connectivity index (χ2n) is 8.39. The number of rotatable bonds is 3. The molecule has 1 saturated heterocycles. The molecule has 0 aromatic carbocycles. The summed E-state index contributed by atoms with van der Waals surface area (Å²) in [5.41, 5.74) is 0. The van der Waals surface area contributed by atoms with E-state index in [9.17, 15) is 9.59 Å². The standard InChI is InChI=1S/C20H35N3O2/c1-22-14-8-9-16(15-22)19(24)23(18-12-6-3-7-13-18)20(25)21-17-10-4-2-5-11-17/h16-18H,2-15H2,1H3,(H,21,25)/t16-/m1/s1. The number of carbonyl (C=O) groups excluding carboxylic acids is 2. The highest BCUT2D eigenvalue weighted by atomic mass is 16.2. The zero-order valence-electron chi connectivity index (χ0n) is 15.8. The van der Waals surface area contributed by atoms with Gasteiger partial charge in [0.15, 0.2) is 0 Å². The maximum atomic E-state index is 13.3. The summed E-state index contributed by atoms with van der Waals surface area (Å²) in [6, 6.07) is 0.253. The van der Waals surface area contributed by atoms with Crippen LogP contribution >= 0.6 is 0 Å². The van der Waals surface area contributed by atoms with E-state index in [4.69, 9.17) is 0 Å². The molecule has 142 valence electrons. The molecule has 1 aliphatic heterocycles. The van der Waals surface area contributed by atoms with Crippen LogP contribution in [0.15, 0.2) is 0 Å². The van der Waals surface area contributed by atoms with Crippen LogP contribution in [0.4, 0.5) is 4.79 Å². The van der Waals surface area contributed by atoms with Crippen LogP contribution in [0.5, 0.6) is 0 Å². The molecule has 1 atom stereocenters. The van der Waals surface area contributed by atoms with Crippen molar-refractivity contribution in [2.45, 2.75) is 89.1 Å². The van der Waals surface area contributed by atoms with Gasteiger partial charge in [-0.25, -0.2) is 4.79 Å². The van der Waals surface area contributed by atoms with Crippen molar-refractivity contribution in [1.82, 2.24) is 15.1 Å². The van der Waals surface area contributed by atoms with Crippen molar-refractivity contribution in [3.05, 3.63) is 0 Å². The van der Waals surface area contributed by atoms with E-state index in [2.05, 4.69) is 17.3 Å². The Morgan fingerprint density at radius 3 is 2.16 bits per heavy atom. The Labute approximate surface area is 152 Å². The molecule has 3 rings (SSSR count). The molecule has 25 heavy (non-hydrogen) atoms. The molecule has 3 aliphatic rings.